The molecule has 1 saturated carbocycles. The molecule has 1 aliphatic carbocycles. The minimum Gasteiger partial charge on any atom is -0.326 e. The molecule has 1 rings (SSSR count). The summed E-state index contributed by atoms with van der Waals surface area (Å²) in [6.07, 6.45) is 6.74. The minimum absolute atomic E-state index is 0.0534. The SMILES string of the molecule is CCCN(CCC)S(=O)(=O)NC1CCCCCC1N. The van der Waals surface area contributed by atoms with Crippen molar-refractivity contribution in [3.63, 3.8) is 0 Å². The second-order valence-corrected chi connectivity index (χ2v) is 7.13. The van der Waals surface area contributed by atoms with Gasteiger partial charge < -0.3 is 5.73 Å². The van der Waals surface area contributed by atoms with Crippen LogP contribution in [-0.4, -0.2) is 37.9 Å². The lowest BCUT2D eigenvalue weighted by Gasteiger charge is -2.27. The van der Waals surface area contributed by atoms with Gasteiger partial charge in [0.1, 0.15) is 0 Å². The third-order valence-corrected chi connectivity index (χ3v) is 5.30. The van der Waals surface area contributed by atoms with E-state index in [1.165, 1.54) is 0 Å². The van der Waals surface area contributed by atoms with E-state index in [-0.39, 0.29) is 12.1 Å². The van der Waals surface area contributed by atoms with Crippen molar-refractivity contribution in [1.29, 1.82) is 0 Å². The first-order chi connectivity index (χ1) is 9.01. The van der Waals surface area contributed by atoms with Gasteiger partial charge >= 0.3 is 0 Å². The Morgan fingerprint density at radius 3 is 2.26 bits per heavy atom. The van der Waals surface area contributed by atoms with Gasteiger partial charge in [0.2, 0.25) is 0 Å². The van der Waals surface area contributed by atoms with Gasteiger partial charge in [0.15, 0.2) is 0 Å². The van der Waals surface area contributed by atoms with Crippen LogP contribution in [0.3, 0.4) is 0 Å². The molecule has 0 aromatic rings. The van der Waals surface area contributed by atoms with Crippen LogP contribution in [0.1, 0.15) is 58.8 Å². The van der Waals surface area contributed by atoms with E-state index in [9.17, 15) is 8.42 Å². The Morgan fingerprint density at radius 2 is 1.68 bits per heavy atom. The lowest BCUT2D eigenvalue weighted by Crippen LogP contribution is -2.52. The molecule has 2 unspecified atom stereocenters. The molecule has 0 amide bonds. The molecule has 0 saturated heterocycles. The standard InChI is InChI=1S/C13H29N3O2S/c1-3-10-16(11-4-2)19(17,18)15-13-9-7-5-6-8-12(13)14/h12-13,15H,3-11,14H2,1-2H3. The van der Waals surface area contributed by atoms with Crippen LogP contribution in [0.25, 0.3) is 0 Å². The smallest absolute Gasteiger partial charge is 0.279 e. The highest BCUT2D eigenvalue weighted by molar-refractivity contribution is 7.87. The van der Waals surface area contributed by atoms with Gasteiger partial charge in [0.25, 0.3) is 10.2 Å². The van der Waals surface area contributed by atoms with Crippen LogP contribution in [0.15, 0.2) is 0 Å². The van der Waals surface area contributed by atoms with E-state index in [2.05, 4.69) is 4.72 Å². The molecule has 0 spiro atoms. The third-order valence-electron chi connectivity index (χ3n) is 3.66. The molecule has 2 atom stereocenters. The molecular weight excluding hydrogens is 262 g/mol. The second-order valence-electron chi connectivity index (χ2n) is 5.43. The molecular formula is C13H29N3O2S. The van der Waals surface area contributed by atoms with Crippen molar-refractivity contribution in [1.82, 2.24) is 9.03 Å². The number of nitrogens with two attached hydrogens (primary N) is 1. The highest BCUT2D eigenvalue weighted by Crippen LogP contribution is 2.18. The summed E-state index contributed by atoms with van der Waals surface area (Å²) in [6, 6.07) is -0.161. The summed E-state index contributed by atoms with van der Waals surface area (Å²) in [5.74, 6) is 0. The first-order valence-electron chi connectivity index (χ1n) is 7.54. The Hall–Kier alpha value is -0.170. The van der Waals surface area contributed by atoms with Crippen molar-refractivity contribution in [2.45, 2.75) is 70.9 Å². The van der Waals surface area contributed by atoms with E-state index in [1.807, 2.05) is 13.8 Å². The van der Waals surface area contributed by atoms with E-state index < -0.39 is 10.2 Å². The van der Waals surface area contributed by atoms with Crippen molar-refractivity contribution in [2.24, 2.45) is 5.73 Å². The maximum atomic E-state index is 12.4. The van der Waals surface area contributed by atoms with Crippen LogP contribution in [0.2, 0.25) is 0 Å². The van der Waals surface area contributed by atoms with E-state index in [4.69, 9.17) is 5.73 Å². The fraction of sp³-hybridized carbons (Fsp3) is 1.00. The molecule has 0 aromatic carbocycles. The fourth-order valence-corrected chi connectivity index (χ4v) is 4.27. The molecule has 6 heteroatoms. The average Bonchev–Trinajstić information content (AvgIpc) is 2.54. The molecule has 0 bridgehead atoms. The van der Waals surface area contributed by atoms with E-state index in [0.29, 0.717) is 13.1 Å². The molecule has 19 heavy (non-hydrogen) atoms. The Labute approximate surface area is 118 Å². The van der Waals surface area contributed by atoms with Crippen molar-refractivity contribution in [3.05, 3.63) is 0 Å². The van der Waals surface area contributed by atoms with Gasteiger partial charge in [0, 0.05) is 25.2 Å². The van der Waals surface area contributed by atoms with Crippen LogP contribution < -0.4 is 10.5 Å². The largest absolute Gasteiger partial charge is 0.326 e. The summed E-state index contributed by atoms with van der Waals surface area (Å²) in [6.45, 7) is 5.14. The van der Waals surface area contributed by atoms with Gasteiger partial charge in [-0.3, -0.25) is 0 Å². The molecule has 3 N–H and O–H groups in total. The molecule has 1 fully saturated rings. The number of nitrogens with one attached hydrogen (secondary N) is 1. The Balaban J connectivity index is 2.69. The zero-order chi connectivity index (χ0) is 14.3. The Bertz CT molecular complexity index is 340. The topological polar surface area (TPSA) is 75.4 Å². The predicted octanol–water partition coefficient (Wildman–Crippen LogP) is 1.60. The van der Waals surface area contributed by atoms with Gasteiger partial charge in [-0.2, -0.15) is 17.4 Å². The van der Waals surface area contributed by atoms with Crippen LogP contribution in [-0.2, 0) is 10.2 Å². The lowest BCUT2D eigenvalue weighted by atomic mass is 10.1. The lowest BCUT2D eigenvalue weighted by molar-refractivity contribution is 0.381. The van der Waals surface area contributed by atoms with Crippen molar-refractivity contribution < 1.29 is 8.42 Å². The summed E-state index contributed by atoms with van der Waals surface area (Å²) in [5, 5.41) is 0. The van der Waals surface area contributed by atoms with Crippen molar-refractivity contribution in [2.75, 3.05) is 13.1 Å². The summed E-state index contributed by atoms with van der Waals surface area (Å²) in [5.41, 5.74) is 6.09. The van der Waals surface area contributed by atoms with Gasteiger partial charge in [-0.05, 0) is 25.7 Å². The Kier molecular flexibility index (Phi) is 7.28. The van der Waals surface area contributed by atoms with Gasteiger partial charge in [-0.1, -0.05) is 33.1 Å². The van der Waals surface area contributed by atoms with Crippen LogP contribution >= 0.6 is 0 Å². The zero-order valence-electron chi connectivity index (χ0n) is 12.3. The van der Waals surface area contributed by atoms with Crippen LogP contribution in [0, 0.1) is 0 Å². The maximum Gasteiger partial charge on any atom is 0.279 e. The van der Waals surface area contributed by atoms with Gasteiger partial charge in [-0.25, -0.2) is 0 Å². The Morgan fingerprint density at radius 1 is 1.11 bits per heavy atom. The highest BCUT2D eigenvalue weighted by Gasteiger charge is 2.28. The fourth-order valence-electron chi connectivity index (χ4n) is 2.60. The number of hydrogen-bond acceptors (Lipinski definition) is 3. The summed E-state index contributed by atoms with van der Waals surface area (Å²) < 4.78 is 29.2. The first-order valence-corrected chi connectivity index (χ1v) is 8.98. The van der Waals surface area contributed by atoms with Crippen LogP contribution in [0.5, 0.6) is 0 Å². The number of nitrogens with zero attached hydrogens (tertiary/aromatic N) is 1. The average molecular weight is 291 g/mol. The summed E-state index contributed by atoms with van der Waals surface area (Å²) in [7, 11) is -3.39. The quantitative estimate of drug-likeness (QED) is 0.700. The molecule has 0 aliphatic heterocycles. The minimum atomic E-state index is -3.39. The molecule has 0 aromatic heterocycles. The normalized spacial score (nSPS) is 25.5. The monoisotopic (exact) mass is 291 g/mol. The van der Waals surface area contributed by atoms with E-state index >= 15 is 0 Å². The third kappa shape index (κ3) is 5.38. The van der Waals surface area contributed by atoms with Gasteiger partial charge in [-0.15, -0.1) is 0 Å². The van der Waals surface area contributed by atoms with E-state index in [1.54, 1.807) is 4.31 Å². The first kappa shape index (κ1) is 16.9. The molecule has 0 radical (unpaired) electrons. The number of rotatable bonds is 7. The molecule has 5 nitrogen and oxygen atoms in total. The van der Waals surface area contributed by atoms with Crippen LogP contribution in [0.4, 0.5) is 0 Å². The zero-order valence-corrected chi connectivity index (χ0v) is 13.1. The van der Waals surface area contributed by atoms with Crippen molar-refractivity contribution >= 4 is 10.2 Å². The van der Waals surface area contributed by atoms with Gasteiger partial charge in [0.05, 0.1) is 0 Å². The summed E-state index contributed by atoms with van der Waals surface area (Å²) >= 11 is 0. The predicted molar refractivity (Wildman–Crippen MR) is 79.1 cm³/mol. The molecule has 0 heterocycles. The number of hydrogen-bond donors (Lipinski definition) is 2. The van der Waals surface area contributed by atoms with Crippen molar-refractivity contribution in [3.8, 4) is 0 Å². The molecule has 114 valence electrons. The second kappa shape index (κ2) is 8.19. The summed E-state index contributed by atoms with van der Waals surface area (Å²) in [4.78, 5) is 0. The van der Waals surface area contributed by atoms with E-state index in [0.717, 1.165) is 44.9 Å². The maximum absolute atomic E-state index is 12.4. The molecule has 1 aliphatic rings. The highest BCUT2D eigenvalue weighted by atomic mass is 32.2.